The summed E-state index contributed by atoms with van der Waals surface area (Å²) in [7, 11) is 0. The fourth-order valence-electron chi connectivity index (χ4n) is 2.64. The molecule has 0 saturated heterocycles. The lowest BCUT2D eigenvalue weighted by atomic mass is 9.82. The molecule has 0 aliphatic carbocycles. The van der Waals surface area contributed by atoms with Crippen molar-refractivity contribution < 1.29 is 39.5 Å². The van der Waals surface area contributed by atoms with E-state index in [1.165, 1.54) is 22.6 Å². The Morgan fingerprint density at radius 3 is 1.83 bits per heavy atom. The lowest BCUT2D eigenvalue weighted by molar-refractivity contribution is -0.389. The molecule has 0 fully saturated rings. The molecule has 0 aromatic heterocycles. The zero-order valence-corrected chi connectivity index (χ0v) is 16.3. The van der Waals surface area contributed by atoms with Gasteiger partial charge in [0.05, 0.1) is 11.6 Å². The molecule has 0 amide bonds. The summed E-state index contributed by atoms with van der Waals surface area (Å²) in [5.74, 6) is -6.78. The average molecular weight is 536 g/mol. The van der Waals surface area contributed by atoms with Crippen LogP contribution >= 0.6 is 22.6 Å². The second-order valence-electron chi connectivity index (χ2n) is 5.97. The zero-order chi connectivity index (χ0) is 22.4. The highest BCUT2D eigenvalue weighted by Gasteiger charge is 2.82. The number of nitrogens with zero attached hydrogens (tertiary/aromatic N) is 1. The van der Waals surface area contributed by atoms with Crippen molar-refractivity contribution in [2.24, 2.45) is 0 Å². The van der Waals surface area contributed by atoms with Crippen LogP contribution in [0, 0.1) is 27.9 Å². The van der Waals surface area contributed by atoms with Gasteiger partial charge in [0.15, 0.2) is 0 Å². The monoisotopic (exact) mass is 536 g/mol. The van der Waals surface area contributed by atoms with Gasteiger partial charge >= 0.3 is 23.9 Å². The number of hydrogen-bond donors (Lipinski definition) is 0. The SMILES string of the molecule is Cc1[c]c(I)c(-c2ccc(C#N)cc2)c(C(F)(C(F)(F)F)C(F)(F)C(F)(F)F)c1. The van der Waals surface area contributed by atoms with E-state index in [0.717, 1.165) is 31.2 Å². The number of halogens is 10. The summed E-state index contributed by atoms with van der Waals surface area (Å²) in [6, 6.07) is 8.70. The van der Waals surface area contributed by atoms with Gasteiger partial charge in [0.2, 0.25) is 0 Å². The summed E-state index contributed by atoms with van der Waals surface area (Å²) in [5.41, 5.74) is -9.30. The molecule has 0 saturated carbocycles. The van der Waals surface area contributed by atoms with Crippen LogP contribution in [-0.4, -0.2) is 18.3 Å². The van der Waals surface area contributed by atoms with Crippen LogP contribution in [0.25, 0.3) is 11.1 Å². The molecule has 0 N–H and O–H groups in total. The molecule has 1 unspecified atom stereocenters. The number of hydrogen-bond acceptors (Lipinski definition) is 1. The Balaban J connectivity index is 2.98. The molecule has 1 nitrogen and oxygen atoms in total. The van der Waals surface area contributed by atoms with E-state index in [1.807, 2.05) is 0 Å². The minimum absolute atomic E-state index is 0.0457. The third-order valence-corrected chi connectivity index (χ3v) is 4.82. The van der Waals surface area contributed by atoms with Gasteiger partial charge in [-0.15, -0.1) is 0 Å². The third kappa shape index (κ3) is 3.78. The predicted molar refractivity (Wildman–Crippen MR) is 92.7 cm³/mol. The van der Waals surface area contributed by atoms with Crippen LogP contribution in [0.5, 0.6) is 0 Å². The summed E-state index contributed by atoms with van der Waals surface area (Å²) in [5, 5.41) is 8.79. The number of rotatable bonds is 3. The lowest BCUT2D eigenvalue weighted by Gasteiger charge is -2.37. The molecule has 0 aliphatic rings. The summed E-state index contributed by atoms with van der Waals surface area (Å²) in [6.45, 7) is 1.08. The van der Waals surface area contributed by atoms with Gasteiger partial charge in [0.1, 0.15) is 0 Å². The first-order valence-corrected chi connectivity index (χ1v) is 8.59. The summed E-state index contributed by atoms with van der Waals surface area (Å²) >= 11 is 1.37. The van der Waals surface area contributed by atoms with Crippen molar-refractivity contribution in [2.45, 2.75) is 30.9 Å². The van der Waals surface area contributed by atoms with Crippen LogP contribution in [0.15, 0.2) is 30.3 Å². The van der Waals surface area contributed by atoms with Crippen LogP contribution in [0.4, 0.5) is 39.5 Å². The molecular weight excluding hydrogens is 528 g/mol. The van der Waals surface area contributed by atoms with Gasteiger partial charge in [0.25, 0.3) is 0 Å². The van der Waals surface area contributed by atoms with Crippen molar-refractivity contribution in [3.05, 3.63) is 56.7 Å². The fraction of sp³-hybridized carbons (Fsp3) is 0.278. The second kappa shape index (κ2) is 7.37. The number of benzene rings is 2. The highest BCUT2D eigenvalue weighted by Crippen LogP contribution is 2.60. The Morgan fingerprint density at radius 2 is 1.41 bits per heavy atom. The van der Waals surface area contributed by atoms with Gasteiger partial charge in [0, 0.05) is 14.7 Å². The maximum atomic E-state index is 15.1. The number of aryl methyl sites for hydroxylation is 1. The van der Waals surface area contributed by atoms with Crippen molar-refractivity contribution >= 4 is 22.6 Å². The summed E-state index contributed by atoms with van der Waals surface area (Å²) in [6.07, 6.45) is -13.4. The van der Waals surface area contributed by atoms with Crippen molar-refractivity contribution in [3.63, 3.8) is 0 Å². The van der Waals surface area contributed by atoms with Crippen molar-refractivity contribution in [3.8, 4) is 17.2 Å². The zero-order valence-electron chi connectivity index (χ0n) is 14.1. The maximum absolute atomic E-state index is 15.1. The Kier molecular flexibility index (Phi) is 5.93. The van der Waals surface area contributed by atoms with Gasteiger partial charge in [-0.25, -0.2) is 4.39 Å². The van der Waals surface area contributed by atoms with Crippen LogP contribution in [-0.2, 0) is 5.67 Å². The highest BCUT2D eigenvalue weighted by atomic mass is 127. The Bertz CT molecular complexity index is 956. The third-order valence-electron chi connectivity index (χ3n) is 4.01. The average Bonchev–Trinajstić information content (AvgIpc) is 2.58. The Hall–Kier alpha value is -1.97. The molecule has 155 valence electrons. The van der Waals surface area contributed by atoms with E-state index >= 15 is 4.39 Å². The van der Waals surface area contributed by atoms with Crippen LogP contribution in [0.3, 0.4) is 0 Å². The standard InChI is InChI=1S/C18H8F9IN/c1-9-6-12(15(19,17(22,23)24)16(20,21)18(25,26)27)14(13(28)7-9)11-4-2-10(8-29)3-5-11/h2-6H,1H3. The first kappa shape index (κ1) is 23.3. The molecule has 1 atom stereocenters. The normalized spacial score (nSPS) is 15.0. The van der Waals surface area contributed by atoms with Gasteiger partial charge in [-0.1, -0.05) is 18.2 Å². The number of alkyl halides is 9. The minimum atomic E-state index is -6.82. The smallest absolute Gasteiger partial charge is 0.221 e. The second-order valence-corrected chi connectivity index (χ2v) is 7.05. The molecule has 1 radical (unpaired) electrons. The first-order valence-electron chi connectivity index (χ1n) is 7.51. The van der Waals surface area contributed by atoms with Crippen LogP contribution in [0.2, 0.25) is 0 Å². The molecule has 11 heteroatoms. The molecule has 0 aliphatic heterocycles. The molecule has 0 bridgehead atoms. The summed E-state index contributed by atoms with van der Waals surface area (Å²) < 4.78 is 122. The topological polar surface area (TPSA) is 23.8 Å². The molecule has 2 rings (SSSR count). The van der Waals surface area contributed by atoms with E-state index in [9.17, 15) is 35.1 Å². The van der Waals surface area contributed by atoms with Crippen molar-refractivity contribution in [1.29, 1.82) is 5.26 Å². The van der Waals surface area contributed by atoms with Crippen molar-refractivity contribution in [1.82, 2.24) is 0 Å². The van der Waals surface area contributed by atoms with E-state index < -0.39 is 35.1 Å². The predicted octanol–water partition coefficient (Wildman–Crippen LogP) is 6.86. The van der Waals surface area contributed by atoms with Gasteiger partial charge in [-0.05, 0) is 58.8 Å². The first-order chi connectivity index (χ1) is 13.1. The summed E-state index contributed by atoms with van der Waals surface area (Å²) in [4.78, 5) is 0. The van der Waals surface area contributed by atoms with E-state index in [-0.39, 0.29) is 26.3 Å². The van der Waals surface area contributed by atoms with E-state index in [0.29, 0.717) is 0 Å². The van der Waals surface area contributed by atoms with Crippen molar-refractivity contribution in [2.75, 3.05) is 0 Å². The fourth-order valence-corrected chi connectivity index (χ4v) is 3.67. The van der Waals surface area contributed by atoms with Crippen LogP contribution in [0.1, 0.15) is 16.7 Å². The minimum Gasteiger partial charge on any atom is -0.221 e. The van der Waals surface area contributed by atoms with E-state index in [2.05, 4.69) is 6.07 Å². The number of nitriles is 1. The Morgan fingerprint density at radius 1 is 0.897 bits per heavy atom. The molecule has 2 aromatic carbocycles. The van der Waals surface area contributed by atoms with E-state index in [4.69, 9.17) is 5.26 Å². The van der Waals surface area contributed by atoms with Gasteiger partial charge < -0.3 is 0 Å². The Labute approximate surface area is 172 Å². The molecule has 29 heavy (non-hydrogen) atoms. The molecular formula is C18H8F9IN. The van der Waals surface area contributed by atoms with Gasteiger partial charge in [-0.2, -0.15) is 40.4 Å². The molecule has 0 spiro atoms. The van der Waals surface area contributed by atoms with E-state index in [1.54, 1.807) is 6.07 Å². The van der Waals surface area contributed by atoms with Gasteiger partial charge in [-0.3, -0.25) is 0 Å². The van der Waals surface area contributed by atoms with Crippen LogP contribution < -0.4 is 0 Å². The highest BCUT2D eigenvalue weighted by molar-refractivity contribution is 14.1. The lowest BCUT2D eigenvalue weighted by Crippen LogP contribution is -2.60. The maximum Gasteiger partial charge on any atom is 0.457 e. The molecule has 0 heterocycles. The molecule has 2 aromatic rings. The quantitative estimate of drug-likeness (QED) is 0.311. The largest absolute Gasteiger partial charge is 0.457 e.